The quantitative estimate of drug-likeness (QED) is 0.636. The normalized spacial score (nSPS) is 12.3. The molecule has 0 spiro atoms. The van der Waals surface area contributed by atoms with Crippen LogP contribution in [0.15, 0.2) is 34.6 Å². The summed E-state index contributed by atoms with van der Waals surface area (Å²) in [5.41, 5.74) is 3.72. The summed E-state index contributed by atoms with van der Waals surface area (Å²) in [7, 11) is 0. The molecule has 0 unspecified atom stereocenters. The molecule has 0 amide bonds. The SMILES string of the molecule is CCNC(=NCc1cccc(C)c1)NCc1nc(C(C)(C)C)cs1. The number of aromatic nitrogens is 1. The first kappa shape index (κ1) is 18.5. The van der Waals surface area contributed by atoms with Gasteiger partial charge in [0.05, 0.1) is 18.8 Å². The lowest BCUT2D eigenvalue weighted by Crippen LogP contribution is -2.36. The van der Waals surface area contributed by atoms with Gasteiger partial charge in [-0.05, 0) is 19.4 Å². The molecule has 1 aromatic heterocycles. The van der Waals surface area contributed by atoms with E-state index in [-0.39, 0.29) is 5.41 Å². The molecule has 0 radical (unpaired) electrons. The summed E-state index contributed by atoms with van der Waals surface area (Å²) in [4.78, 5) is 9.38. The van der Waals surface area contributed by atoms with Crippen molar-refractivity contribution in [2.75, 3.05) is 6.54 Å². The predicted molar refractivity (Wildman–Crippen MR) is 104 cm³/mol. The minimum atomic E-state index is 0.0957. The Labute approximate surface area is 149 Å². The first-order chi connectivity index (χ1) is 11.4. The Morgan fingerprint density at radius 2 is 2.04 bits per heavy atom. The third-order valence-electron chi connectivity index (χ3n) is 3.57. The van der Waals surface area contributed by atoms with E-state index in [1.807, 2.05) is 0 Å². The van der Waals surface area contributed by atoms with E-state index in [0.29, 0.717) is 13.1 Å². The average Bonchev–Trinajstić information content (AvgIpc) is 2.99. The molecule has 2 N–H and O–H groups in total. The molecule has 1 heterocycles. The van der Waals surface area contributed by atoms with Crippen LogP contribution < -0.4 is 10.6 Å². The van der Waals surface area contributed by atoms with Crippen molar-refractivity contribution < 1.29 is 0 Å². The number of aliphatic imine (C=N–C) groups is 1. The lowest BCUT2D eigenvalue weighted by atomic mass is 9.93. The zero-order valence-corrected chi connectivity index (χ0v) is 16.1. The number of benzene rings is 1. The number of guanidine groups is 1. The number of rotatable bonds is 5. The Hall–Kier alpha value is -1.88. The average molecular weight is 345 g/mol. The van der Waals surface area contributed by atoms with E-state index in [4.69, 9.17) is 4.98 Å². The van der Waals surface area contributed by atoms with Gasteiger partial charge in [-0.25, -0.2) is 9.98 Å². The van der Waals surface area contributed by atoms with Crippen molar-refractivity contribution in [2.24, 2.45) is 4.99 Å². The molecule has 2 aromatic rings. The van der Waals surface area contributed by atoms with Gasteiger partial charge in [-0.15, -0.1) is 11.3 Å². The Bertz CT molecular complexity index is 683. The number of hydrogen-bond acceptors (Lipinski definition) is 3. The molecule has 0 aliphatic rings. The Kier molecular flexibility index (Phi) is 6.37. The third kappa shape index (κ3) is 5.64. The molecule has 5 heteroatoms. The molecule has 1 aromatic carbocycles. The molecule has 0 aliphatic carbocycles. The topological polar surface area (TPSA) is 49.3 Å². The molecule has 0 fully saturated rings. The fourth-order valence-corrected chi connectivity index (χ4v) is 3.18. The van der Waals surface area contributed by atoms with Crippen molar-refractivity contribution in [2.45, 2.75) is 53.1 Å². The van der Waals surface area contributed by atoms with Gasteiger partial charge in [-0.2, -0.15) is 0 Å². The molecule has 0 aliphatic heterocycles. The van der Waals surface area contributed by atoms with Crippen molar-refractivity contribution in [3.63, 3.8) is 0 Å². The molecule has 2 rings (SSSR count). The molecule has 4 nitrogen and oxygen atoms in total. The highest BCUT2D eigenvalue weighted by atomic mass is 32.1. The second-order valence-electron chi connectivity index (χ2n) is 6.91. The first-order valence-corrected chi connectivity index (χ1v) is 9.29. The summed E-state index contributed by atoms with van der Waals surface area (Å²) in [5, 5.41) is 9.89. The monoisotopic (exact) mass is 344 g/mol. The van der Waals surface area contributed by atoms with E-state index >= 15 is 0 Å². The number of thiazole rings is 1. The van der Waals surface area contributed by atoms with E-state index in [1.54, 1.807) is 11.3 Å². The van der Waals surface area contributed by atoms with Gasteiger partial charge in [0.1, 0.15) is 5.01 Å². The van der Waals surface area contributed by atoms with Gasteiger partial charge >= 0.3 is 0 Å². The van der Waals surface area contributed by atoms with Crippen molar-refractivity contribution >= 4 is 17.3 Å². The van der Waals surface area contributed by atoms with Crippen molar-refractivity contribution in [1.82, 2.24) is 15.6 Å². The molecule has 0 atom stereocenters. The van der Waals surface area contributed by atoms with E-state index in [2.05, 4.69) is 79.9 Å². The standard InChI is InChI=1S/C19H28N4S/c1-6-20-18(21-11-15-9-7-8-14(2)10-15)22-12-17-23-16(13-24-17)19(3,4)5/h7-10,13H,6,11-12H2,1-5H3,(H2,20,21,22). The van der Waals surface area contributed by atoms with Crippen LogP contribution in [0.1, 0.15) is 49.5 Å². The van der Waals surface area contributed by atoms with Crippen LogP contribution in [0.2, 0.25) is 0 Å². The van der Waals surface area contributed by atoms with E-state index < -0.39 is 0 Å². The van der Waals surface area contributed by atoms with Crippen LogP contribution in [0.5, 0.6) is 0 Å². The number of nitrogens with one attached hydrogen (secondary N) is 2. The van der Waals surface area contributed by atoms with Crippen molar-refractivity contribution in [1.29, 1.82) is 0 Å². The molecule has 0 bridgehead atoms. The van der Waals surface area contributed by atoms with Crippen LogP contribution >= 0.6 is 11.3 Å². The molecule has 24 heavy (non-hydrogen) atoms. The molecular weight excluding hydrogens is 316 g/mol. The van der Waals surface area contributed by atoms with Gasteiger partial charge in [0.15, 0.2) is 5.96 Å². The largest absolute Gasteiger partial charge is 0.357 e. The van der Waals surface area contributed by atoms with Crippen molar-refractivity contribution in [3.8, 4) is 0 Å². The zero-order chi connectivity index (χ0) is 17.6. The number of nitrogens with zero attached hydrogens (tertiary/aromatic N) is 2. The minimum Gasteiger partial charge on any atom is -0.357 e. The maximum absolute atomic E-state index is 4.72. The second kappa shape index (κ2) is 8.29. The highest BCUT2D eigenvalue weighted by Gasteiger charge is 2.17. The lowest BCUT2D eigenvalue weighted by Gasteiger charge is -2.14. The fraction of sp³-hybridized carbons (Fsp3) is 0.474. The Morgan fingerprint density at radius 1 is 1.25 bits per heavy atom. The third-order valence-corrected chi connectivity index (χ3v) is 4.42. The first-order valence-electron chi connectivity index (χ1n) is 8.41. The van der Waals surface area contributed by atoms with Crippen molar-refractivity contribution in [3.05, 3.63) is 51.5 Å². The number of hydrogen-bond donors (Lipinski definition) is 2. The lowest BCUT2D eigenvalue weighted by molar-refractivity contribution is 0.570. The van der Waals surface area contributed by atoms with Gasteiger partial charge in [0, 0.05) is 17.3 Å². The Balaban J connectivity index is 1.98. The van der Waals surface area contributed by atoms with E-state index in [0.717, 1.165) is 23.2 Å². The maximum Gasteiger partial charge on any atom is 0.191 e. The van der Waals surface area contributed by atoms with Crippen LogP contribution in [-0.4, -0.2) is 17.5 Å². The van der Waals surface area contributed by atoms with Gasteiger partial charge in [-0.1, -0.05) is 50.6 Å². The van der Waals surface area contributed by atoms with Gasteiger partial charge in [0.25, 0.3) is 0 Å². The van der Waals surface area contributed by atoms with E-state index in [9.17, 15) is 0 Å². The maximum atomic E-state index is 4.72. The highest BCUT2D eigenvalue weighted by molar-refractivity contribution is 7.09. The van der Waals surface area contributed by atoms with Gasteiger partial charge in [-0.3, -0.25) is 0 Å². The zero-order valence-electron chi connectivity index (χ0n) is 15.3. The summed E-state index contributed by atoms with van der Waals surface area (Å²) in [6.07, 6.45) is 0. The van der Waals surface area contributed by atoms with Crippen LogP contribution in [-0.2, 0) is 18.5 Å². The highest BCUT2D eigenvalue weighted by Crippen LogP contribution is 2.23. The number of aryl methyl sites for hydroxylation is 1. The minimum absolute atomic E-state index is 0.0957. The fourth-order valence-electron chi connectivity index (χ4n) is 2.22. The van der Waals surface area contributed by atoms with Crippen LogP contribution in [0.3, 0.4) is 0 Å². The second-order valence-corrected chi connectivity index (χ2v) is 7.86. The van der Waals surface area contributed by atoms with E-state index in [1.165, 1.54) is 11.1 Å². The van der Waals surface area contributed by atoms with Crippen LogP contribution in [0.25, 0.3) is 0 Å². The van der Waals surface area contributed by atoms with Gasteiger partial charge < -0.3 is 10.6 Å². The smallest absolute Gasteiger partial charge is 0.191 e. The summed E-state index contributed by atoms with van der Waals surface area (Å²) in [5.74, 6) is 0.825. The summed E-state index contributed by atoms with van der Waals surface area (Å²) in [6.45, 7) is 12.9. The van der Waals surface area contributed by atoms with Gasteiger partial charge in [0.2, 0.25) is 0 Å². The molecule has 0 saturated carbocycles. The van der Waals surface area contributed by atoms with Crippen LogP contribution in [0, 0.1) is 6.92 Å². The summed E-state index contributed by atoms with van der Waals surface area (Å²) < 4.78 is 0. The Morgan fingerprint density at radius 3 is 2.67 bits per heavy atom. The molecule has 0 saturated heterocycles. The molecular formula is C19H28N4S. The molecule has 130 valence electrons. The van der Waals surface area contributed by atoms with Crippen LogP contribution in [0.4, 0.5) is 0 Å². The predicted octanol–water partition coefficient (Wildman–Crippen LogP) is 4.00. The summed E-state index contributed by atoms with van der Waals surface area (Å²) in [6, 6.07) is 8.45. The summed E-state index contributed by atoms with van der Waals surface area (Å²) >= 11 is 1.70.